The zero-order valence-corrected chi connectivity index (χ0v) is 9.83. The second-order valence-electron chi connectivity index (χ2n) is 4.29. The summed E-state index contributed by atoms with van der Waals surface area (Å²) < 4.78 is 0. The van der Waals surface area contributed by atoms with Crippen LogP contribution in [0.3, 0.4) is 0 Å². The van der Waals surface area contributed by atoms with Gasteiger partial charge in [0.2, 0.25) is 0 Å². The van der Waals surface area contributed by atoms with Gasteiger partial charge < -0.3 is 5.73 Å². The number of nitrogen functional groups attached to an aromatic ring is 1. The minimum absolute atomic E-state index is 0.869. The molecule has 0 bridgehead atoms. The summed E-state index contributed by atoms with van der Waals surface area (Å²) in [6.07, 6.45) is 0.980. The van der Waals surface area contributed by atoms with Crippen LogP contribution in [0.2, 0.25) is 0 Å². The molecule has 16 heavy (non-hydrogen) atoms. The van der Waals surface area contributed by atoms with Gasteiger partial charge in [-0.3, -0.25) is 0 Å². The molecule has 0 amide bonds. The van der Waals surface area contributed by atoms with Gasteiger partial charge in [-0.15, -0.1) is 0 Å². The first-order chi connectivity index (χ1) is 7.66. The molecule has 1 heteroatoms. The molecule has 2 aromatic rings. The standard InChI is InChI=1S/C15H17N/c1-11-5-3-4-6-14(11)10-13-7-8-15(16)12(2)9-13/h3-9H,10,16H2,1-2H3. The van der Waals surface area contributed by atoms with Gasteiger partial charge in [-0.05, 0) is 48.6 Å². The summed E-state index contributed by atoms with van der Waals surface area (Å²) >= 11 is 0. The molecule has 0 aliphatic heterocycles. The van der Waals surface area contributed by atoms with Crippen molar-refractivity contribution in [3.05, 3.63) is 64.7 Å². The number of rotatable bonds is 2. The van der Waals surface area contributed by atoms with E-state index in [9.17, 15) is 0 Å². The van der Waals surface area contributed by atoms with Crippen LogP contribution in [0.15, 0.2) is 42.5 Å². The highest BCUT2D eigenvalue weighted by atomic mass is 14.5. The SMILES string of the molecule is Cc1cc(Cc2ccccc2C)ccc1N. The van der Waals surface area contributed by atoms with Crippen LogP contribution >= 0.6 is 0 Å². The first kappa shape index (κ1) is 10.7. The highest BCUT2D eigenvalue weighted by Crippen LogP contribution is 2.17. The second kappa shape index (κ2) is 4.40. The normalized spacial score (nSPS) is 10.4. The summed E-state index contributed by atoms with van der Waals surface area (Å²) in [6.45, 7) is 4.20. The first-order valence-corrected chi connectivity index (χ1v) is 5.56. The van der Waals surface area contributed by atoms with Crippen LogP contribution in [0.1, 0.15) is 22.3 Å². The molecule has 0 spiro atoms. The van der Waals surface area contributed by atoms with Gasteiger partial charge in [-0.1, -0.05) is 36.4 Å². The van der Waals surface area contributed by atoms with Crippen molar-refractivity contribution < 1.29 is 0 Å². The first-order valence-electron chi connectivity index (χ1n) is 5.56. The van der Waals surface area contributed by atoms with Crippen molar-refractivity contribution in [2.75, 3.05) is 5.73 Å². The second-order valence-corrected chi connectivity index (χ2v) is 4.29. The topological polar surface area (TPSA) is 26.0 Å². The quantitative estimate of drug-likeness (QED) is 0.756. The van der Waals surface area contributed by atoms with Gasteiger partial charge in [0.25, 0.3) is 0 Å². The zero-order chi connectivity index (χ0) is 11.5. The molecule has 2 aromatic carbocycles. The molecule has 0 atom stereocenters. The molecule has 0 radical (unpaired) electrons. The van der Waals surface area contributed by atoms with E-state index >= 15 is 0 Å². The molecule has 2 N–H and O–H groups in total. The number of benzene rings is 2. The van der Waals surface area contributed by atoms with Crippen molar-refractivity contribution in [2.24, 2.45) is 0 Å². The lowest BCUT2D eigenvalue weighted by molar-refractivity contribution is 1.15. The summed E-state index contributed by atoms with van der Waals surface area (Å²) in [5, 5.41) is 0. The van der Waals surface area contributed by atoms with Gasteiger partial charge in [0, 0.05) is 5.69 Å². The van der Waals surface area contributed by atoms with Crippen molar-refractivity contribution in [3.8, 4) is 0 Å². The van der Waals surface area contributed by atoms with Crippen LogP contribution in [0.5, 0.6) is 0 Å². The summed E-state index contributed by atoms with van der Waals surface area (Å²) in [6, 6.07) is 14.8. The molecule has 0 saturated carbocycles. The van der Waals surface area contributed by atoms with Crippen LogP contribution in [0.4, 0.5) is 5.69 Å². The lowest BCUT2D eigenvalue weighted by Gasteiger charge is -2.07. The molecule has 2 rings (SSSR count). The predicted octanol–water partition coefficient (Wildman–Crippen LogP) is 3.48. The maximum Gasteiger partial charge on any atom is 0.0343 e. The fourth-order valence-electron chi connectivity index (χ4n) is 1.88. The number of nitrogens with two attached hydrogens (primary N) is 1. The van der Waals surface area contributed by atoms with E-state index < -0.39 is 0 Å². The highest BCUT2D eigenvalue weighted by molar-refractivity contribution is 5.48. The Hall–Kier alpha value is -1.76. The van der Waals surface area contributed by atoms with Crippen LogP contribution in [-0.2, 0) is 6.42 Å². The monoisotopic (exact) mass is 211 g/mol. The Kier molecular flexibility index (Phi) is 2.95. The molecular weight excluding hydrogens is 194 g/mol. The van der Waals surface area contributed by atoms with Gasteiger partial charge >= 0.3 is 0 Å². The van der Waals surface area contributed by atoms with E-state index in [-0.39, 0.29) is 0 Å². The Morgan fingerprint density at radius 2 is 1.69 bits per heavy atom. The van der Waals surface area contributed by atoms with Crippen molar-refractivity contribution in [3.63, 3.8) is 0 Å². The zero-order valence-electron chi connectivity index (χ0n) is 9.83. The van der Waals surface area contributed by atoms with Crippen LogP contribution in [0.25, 0.3) is 0 Å². The Labute approximate surface area is 96.9 Å². The molecule has 0 unspecified atom stereocenters. The number of anilines is 1. The Bertz CT molecular complexity index is 501. The third-order valence-corrected chi connectivity index (χ3v) is 2.99. The molecule has 0 saturated heterocycles. The summed E-state index contributed by atoms with van der Waals surface area (Å²) in [5.74, 6) is 0. The van der Waals surface area contributed by atoms with Gasteiger partial charge in [0.1, 0.15) is 0 Å². The molecule has 0 heterocycles. The Morgan fingerprint density at radius 1 is 0.938 bits per heavy atom. The fourth-order valence-corrected chi connectivity index (χ4v) is 1.88. The molecule has 82 valence electrons. The van der Waals surface area contributed by atoms with Crippen LogP contribution < -0.4 is 5.73 Å². The van der Waals surface area contributed by atoms with Crippen molar-refractivity contribution >= 4 is 5.69 Å². The largest absolute Gasteiger partial charge is 0.399 e. The van der Waals surface area contributed by atoms with Gasteiger partial charge in [-0.2, -0.15) is 0 Å². The van der Waals surface area contributed by atoms with Crippen molar-refractivity contribution in [1.29, 1.82) is 0 Å². The van der Waals surface area contributed by atoms with E-state index in [1.807, 2.05) is 6.07 Å². The Balaban J connectivity index is 2.28. The minimum Gasteiger partial charge on any atom is -0.399 e. The van der Waals surface area contributed by atoms with E-state index in [2.05, 4.69) is 50.2 Å². The highest BCUT2D eigenvalue weighted by Gasteiger charge is 2.01. The number of aryl methyl sites for hydroxylation is 2. The van der Waals surface area contributed by atoms with Crippen LogP contribution in [-0.4, -0.2) is 0 Å². The summed E-state index contributed by atoms with van der Waals surface area (Å²) in [5.41, 5.74) is 11.9. The molecule has 0 aliphatic carbocycles. The average Bonchev–Trinajstić information content (AvgIpc) is 2.27. The fraction of sp³-hybridized carbons (Fsp3) is 0.200. The van der Waals surface area contributed by atoms with Gasteiger partial charge in [-0.25, -0.2) is 0 Å². The summed E-state index contributed by atoms with van der Waals surface area (Å²) in [7, 11) is 0. The van der Waals surface area contributed by atoms with E-state index in [4.69, 9.17) is 5.73 Å². The molecular formula is C15H17N. The van der Waals surface area contributed by atoms with Gasteiger partial charge in [0.15, 0.2) is 0 Å². The van der Waals surface area contributed by atoms with E-state index in [0.717, 1.165) is 17.7 Å². The number of hydrogen-bond donors (Lipinski definition) is 1. The van der Waals surface area contributed by atoms with E-state index in [0.29, 0.717) is 0 Å². The molecule has 0 aliphatic rings. The smallest absolute Gasteiger partial charge is 0.0343 e. The number of hydrogen-bond acceptors (Lipinski definition) is 1. The third-order valence-electron chi connectivity index (χ3n) is 2.99. The molecule has 0 fully saturated rings. The van der Waals surface area contributed by atoms with Crippen LogP contribution in [0, 0.1) is 13.8 Å². The lowest BCUT2D eigenvalue weighted by Crippen LogP contribution is -1.94. The van der Waals surface area contributed by atoms with Crippen molar-refractivity contribution in [2.45, 2.75) is 20.3 Å². The third kappa shape index (κ3) is 2.25. The van der Waals surface area contributed by atoms with E-state index in [1.165, 1.54) is 16.7 Å². The molecule has 0 aromatic heterocycles. The minimum atomic E-state index is 0.869. The lowest BCUT2D eigenvalue weighted by atomic mass is 9.99. The average molecular weight is 211 g/mol. The summed E-state index contributed by atoms with van der Waals surface area (Å²) in [4.78, 5) is 0. The van der Waals surface area contributed by atoms with Gasteiger partial charge in [0.05, 0.1) is 0 Å². The van der Waals surface area contributed by atoms with Crippen molar-refractivity contribution in [1.82, 2.24) is 0 Å². The Morgan fingerprint density at radius 3 is 2.38 bits per heavy atom. The maximum absolute atomic E-state index is 5.81. The predicted molar refractivity (Wildman–Crippen MR) is 69.6 cm³/mol. The molecule has 1 nitrogen and oxygen atoms in total. The van der Waals surface area contributed by atoms with E-state index in [1.54, 1.807) is 0 Å². The maximum atomic E-state index is 5.81.